The van der Waals surface area contributed by atoms with Gasteiger partial charge in [0, 0.05) is 24.6 Å². The molecule has 2 heterocycles. The van der Waals surface area contributed by atoms with Crippen molar-refractivity contribution >= 4 is 15.8 Å². The molecule has 2 atom stereocenters. The summed E-state index contributed by atoms with van der Waals surface area (Å²) in [6.07, 6.45) is 3.94. The standard InChI is InChI=1S/C16H23N3O3S/c1-15(2)12-3-5-16(15,14(20)9-12)11-23(21,22)18-7-8-19-13(10-18)4-6-17-19/h4,6,12H,3,5,7-11H2,1-2H3. The van der Waals surface area contributed by atoms with E-state index in [2.05, 4.69) is 18.9 Å². The summed E-state index contributed by atoms with van der Waals surface area (Å²) in [5, 5.41) is 4.19. The van der Waals surface area contributed by atoms with Crippen LogP contribution in [0.1, 0.15) is 38.8 Å². The average molecular weight is 337 g/mol. The normalized spacial score (nSPS) is 33.1. The van der Waals surface area contributed by atoms with Crippen molar-refractivity contribution in [3.8, 4) is 0 Å². The molecular weight excluding hydrogens is 314 g/mol. The molecule has 1 aliphatic heterocycles. The molecule has 4 rings (SSSR count). The Morgan fingerprint density at radius 1 is 1.35 bits per heavy atom. The summed E-state index contributed by atoms with van der Waals surface area (Å²) in [6, 6.07) is 1.86. The fourth-order valence-corrected chi connectivity index (χ4v) is 7.08. The van der Waals surface area contributed by atoms with Crippen LogP contribution in [-0.2, 0) is 27.9 Å². The van der Waals surface area contributed by atoms with Crippen molar-refractivity contribution in [2.24, 2.45) is 16.7 Å². The summed E-state index contributed by atoms with van der Waals surface area (Å²) in [7, 11) is -3.46. The number of Topliss-reactive ketones (excluding diaryl/α,β-unsaturated/α-hetero) is 1. The van der Waals surface area contributed by atoms with Crippen LogP contribution in [-0.4, -0.2) is 40.6 Å². The monoisotopic (exact) mass is 337 g/mol. The van der Waals surface area contributed by atoms with Gasteiger partial charge in [0.05, 0.1) is 24.5 Å². The van der Waals surface area contributed by atoms with E-state index in [0.717, 1.165) is 12.1 Å². The van der Waals surface area contributed by atoms with Crippen molar-refractivity contribution in [1.29, 1.82) is 0 Å². The predicted octanol–water partition coefficient (Wildman–Crippen LogP) is 1.42. The Kier molecular flexibility index (Phi) is 3.11. The first kappa shape index (κ1) is 15.3. The fourth-order valence-electron chi connectivity index (χ4n) is 4.91. The van der Waals surface area contributed by atoms with Gasteiger partial charge in [0.15, 0.2) is 0 Å². The lowest BCUT2D eigenvalue weighted by Gasteiger charge is -2.38. The maximum atomic E-state index is 13.0. The molecule has 2 aliphatic carbocycles. The summed E-state index contributed by atoms with van der Waals surface area (Å²) in [6.45, 7) is 5.53. The van der Waals surface area contributed by atoms with Crippen molar-refractivity contribution in [1.82, 2.24) is 14.1 Å². The molecule has 0 aromatic carbocycles. The number of aromatic nitrogens is 2. The lowest BCUT2D eigenvalue weighted by molar-refractivity contribution is -0.128. The lowest BCUT2D eigenvalue weighted by atomic mass is 9.70. The number of hydrogen-bond acceptors (Lipinski definition) is 4. The summed E-state index contributed by atoms with van der Waals surface area (Å²) >= 11 is 0. The van der Waals surface area contributed by atoms with E-state index in [1.165, 1.54) is 4.31 Å². The van der Waals surface area contributed by atoms with Crippen molar-refractivity contribution in [3.63, 3.8) is 0 Å². The minimum absolute atomic E-state index is 0.0313. The Labute approximate surface area is 136 Å². The van der Waals surface area contributed by atoms with Gasteiger partial charge in [0.25, 0.3) is 0 Å². The molecule has 6 nitrogen and oxygen atoms in total. The molecule has 1 aromatic heterocycles. The lowest BCUT2D eigenvalue weighted by Crippen LogP contribution is -2.48. The second-order valence-electron chi connectivity index (χ2n) is 7.80. The number of carbonyl (C=O) groups is 1. The first-order valence-corrected chi connectivity index (χ1v) is 9.89. The molecule has 1 aromatic rings. The van der Waals surface area contributed by atoms with Gasteiger partial charge in [0.1, 0.15) is 5.78 Å². The highest BCUT2D eigenvalue weighted by atomic mass is 32.2. The van der Waals surface area contributed by atoms with Gasteiger partial charge in [0.2, 0.25) is 10.0 Å². The smallest absolute Gasteiger partial charge is 0.215 e. The van der Waals surface area contributed by atoms with E-state index < -0.39 is 15.4 Å². The number of hydrogen-bond donors (Lipinski definition) is 0. The third-order valence-electron chi connectivity index (χ3n) is 6.67. The van der Waals surface area contributed by atoms with Gasteiger partial charge in [-0.15, -0.1) is 0 Å². The summed E-state index contributed by atoms with van der Waals surface area (Å²) in [4.78, 5) is 12.6. The summed E-state index contributed by atoms with van der Waals surface area (Å²) < 4.78 is 29.4. The molecule has 2 bridgehead atoms. The third-order valence-corrected chi connectivity index (χ3v) is 8.62. The topological polar surface area (TPSA) is 72.3 Å². The maximum absolute atomic E-state index is 13.0. The maximum Gasteiger partial charge on any atom is 0.215 e. The largest absolute Gasteiger partial charge is 0.299 e. The molecule has 2 saturated carbocycles. The minimum Gasteiger partial charge on any atom is -0.299 e. The van der Waals surface area contributed by atoms with Gasteiger partial charge < -0.3 is 0 Å². The van der Waals surface area contributed by atoms with Gasteiger partial charge >= 0.3 is 0 Å². The Hall–Kier alpha value is -1.21. The quantitative estimate of drug-likeness (QED) is 0.836. The average Bonchev–Trinajstić information content (AvgIpc) is 3.08. The second kappa shape index (κ2) is 4.66. The molecule has 0 radical (unpaired) electrons. The van der Waals surface area contributed by atoms with Crippen molar-refractivity contribution in [2.45, 2.75) is 46.2 Å². The van der Waals surface area contributed by atoms with E-state index in [-0.39, 0.29) is 17.0 Å². The Morgan fingerprint density at radius 2 is 2.13 bits per heavy atom. The van der Waals surface area contributed by atoms with Gasteiger partial charge in [-0.2, -0.15) is 9.40 Å². The van der Waals surface area contributed by atoms with Crippen LogP contribution < -0.4 is 0 Å². The summed E-state index contributed by atoms with van der Waals surface area (Å²) in [5.74, 6) is 0.466. The molecule has 0 spiro atoms. The predicted molar refractivity (Wildman–Crippen MR) is 85.0 cm³/mol. The van der Waals surface area contributed by atoms with Crippen molar-refractivity contribution in [2.75, 3.05) is 12.3 Å². The van der Waals surface area contributed by atoms with Gasteiger partial charge in [-0.1, -0.05) is 13.8 Å². The van der Waals surface area contributed by atoms with E-state index >= 15 is 0 Å². The first-order chi connectivity index (χ1) is 10.8. The van der Waals surface area contributed by atoms with Crippen LogP contribution in [0.5, 0.6) is 0 Å². The Morgan fingerprint density at radius 3 is 2.78 bits per heavy atom. The first-order valence-electron chi connectivity index (χ1n) is 8.28. The highest BCUT2D eigenvalue weighted by molar-refractivity contribution is 7.89. The van der Waals surface area contributed by atoms with E-state index in [9.17, 15) is 13.2 Å². The van der Waals surface area contributed by atoms with Crippen molar-refractivity contribution < 1.29 is 13.2 Å². The Balaban J connectivity index is 1.62. The van der Waals surface area contributed by atoms with E-state index in [0.29, 0.717) is 38.4 Å². The minimum atomic E-state index is -3.46. The van der Waals surface area contributed by atoms with E-state index in [4.69, 9.17) is 0 Å². The molecule has 0 N–H and O–H groups in total. The molecule has 7 heteroatoms. The van der Waals surface area contributed by atoms with Gasteiger partial charge in [-0.25, -0.2) is 8.42 Å². The number of rotatable bonds is 3. The molecular formula is C16H23N3O3S. The number of ketones is 1. The molecule has 0 saturated heterocycles. The number of fused-ring (bicyclic) bond motifs is 3. The van der Waals surface area contributed by atoms with Crippen LogP contribution in [0.2, 0.25) is 0 Å². The zero-order valence-electron chi connectivity index (χ0n) is 13.7. The van der Waals surface area contributed by atoms with Gasteiger partial charge in [-0.3, -0.25) is 9.48 Å². The van der Waals surface area contributed by atoms with Crippen LogP contribution in [0.3, 0.4) is 0 Å². The van der Waals surface area contributed by atoms with Crippen LogP contribution in [0.4, 0.5) is 0 Å². The highest BCUT2D eigenvalue weighted by Gasteiger charge is 2.65. The van der Waals surface area contributed by atoms with Crippen LogP contribution >= 0.6 is 0 Å². The molecule has 126 valence electrons. The SMILES string of the molecule is CC1(C)C2CCC1(CS(=O)(=O)N1CCn3nccc3C1)C(=O)C2. The molecule has 2 fully saturated rings. The highest BCUT2D eigenvalue weighted by Crippen LogP contribution is 2.64. The Bertz CT molecular complexity index is 767. The number of sulfonamides is 1. The summed E-state index contributed by atoms with van der Waals surface area (Å²) in [5.41, 5.74) is 0.0155. The van der Waals surface area contributed by atoms with Crippen LogP contribution in [0.15, 0.2) is 12.3 Å². The molecule has 2 unspecified atom stereocenters. The van der Waals surface area contributed by atoms with E-state index in [1.54, 1.807) is 6.20 Å². The van der Waals surface area contributed by atoms with Crippen LogP contribution in [0, 0.1) is 16.7 Å². The van der Waals surface area contributed by atoms with E-state index in [1.807, 2.05) is 10.7 Å². The molecule has 3 aliphatic rings. The fraction of sp³-hybridized carbons (Fsp3) is 0.750. The zero-order chi connectivity index (χ0) is 16.5. The van der Waals surface area contributed by atoms with Crippen LogP contribution in [0.25, 0.3) is 0 Å². The van der Waals surface area contributed by atoms with Gasteiger partial charge in [-0.05, 0) is 30.2 Å². The molecule has 23 heavy (non-hydrogen) atoms. The van der Waals surface area contributed by atoms with Crippen molar-refractivity contribution in [3.05, 3.63) is 18.0 Å². The number of nitrogens with zero attached hydrogens (tertiary/aromatic N) is 3. The third kappa shape index (κ3) is 1.99. The second-order valence-corrected chi connectivity index (χ2v) is 9.77. The number of carbonyl (C=O) groups excluding carboxylic acids is 1. The zero-order valence-corrected chi connectivity index (χ0v) is 14.5. The molecule has 0 amide bonds.